The molecule has 1 aromatic carbocycles. The molecular weight excluding hydrogens is 400 g/mol. The van der Waals surface area contributed by atoms with Crippen LogP contribution in [0.2, 0.25) is 0 Å². The van der Waals surface area contributed by atoms with Crippen molar-refractivity contribution in [3.05, 3.63) is 50.5 Å². The number of rotatable bonds is 6. The van der Waals surface area contributed by atoms with Gasteiger partial charge in [-0.1, -0.05) is 6.07 Å². The minimum atomic E-state index is 0.627. The number of aromatic nitrogens is 1. The Hall–Kier alpha value is -1.11. The van der Waals surface area contributed by atoms with Gasteiger partial charge in [0.15, 0.2) is 0 Å². The van der Waals surface area contributed by atoms with Gasteiger partial charge in [-0.15, -0.1) is 0 Å². The molecular formula is C15H16Br2N2O2. The monoisotopic (exact) mass is 414 g/mol. The summed E-state index contributed by atoms with van der Waals surface area (Å²) in [6.45, 7) is 1.51. The molecule has 0 atom stereocenters. The minimum Gasteiger partial charge on any atom is -0.494 e. The van der Waals surface area contributed by atoms with Crippen molar-refractivity contribution in [1.29, 1.82) is 0 Å². The van der Waals surface area contributed by atoms with Crippen molar-refractivity contribution in [3.63, 3.8) is 0 Å². The van der Waals surface area contributed by atoms with E-state index in [1.165, 1.54) is 0 Å². The number of benzene rings is 1. The van der Waals surface area contributed by atoms with E-state index in [2.05, 4.69) is 42.2 Å². The first-order valence-corrected chi connectivity index (χ1v) is 7.94. The Balaban J connectivity index is 1.93. The smallest absolute Gasteiger partial charge is 0.212 e. The van der Waals surface area contributed by atoms with E-state index in [4.69, 9.17) is 9.47 Å². The maximum atomic E-state index is 5.29. The molecule has 0 saturated heterocycles. The van der Waals surface area contributed by atoms with Crippen molar-refractivity contribution >= 4 is 31.9 Å². The van der Waals surface area contributed by atoms with Crippen LogP contribution >= 0.6 is 31.9 Å². The summed E-state index contributed by atoms with van der Waals surface area (Å²) in [5.41, 5.74) is 2.28. The first kappa shape index (κ1) is 16.3. The zero-order valence-electron chi connectivity index (χ0n) is 11.8. The predicted octanol–water partition coefficient (Wildman–Crippen LogP) is 3.91. The third kappa shape index (κ3) is 4.43. The van der Waals surface area contributed by atoms with E-state index < -0.39 is 0 Å². The van der Waals surface area contributed by atoms with Crippen molar-refractivity contribution in [2.45, 2.75) is 13.1 Å². The number of nitrogens with one attached hydrogen (secondary N) is 1. The van der Waals surface area contributed by atoms with E-state index in [1.54, 1.807) is 14.2 Å². The zero-order valence-corrected chi connectivity index (χ0v) is 15.0. The highest BCUT2D eigenvalue weighted by atomic mass is 79.9. The summed E-state index contributed by atoms with van der Waals surface area (Å²) in [4.78, 5) is 4.18. The van der Waals surface area contributed by atoms with Gasteiger partial charge in [-0.3, -0.25) is 0 Å². The second kappa shape index (κ2) is 7.77. The van der Waals surface area contributed by atoms with Gasteiger partial charge in [-0.05, 0) is 55.1 Å². The van der Waals surface area contributed by atoms with Crippen molar-refractivity contribution in [2.24, 2.45) is 0 Å². The molecule has 0 saturated carbocycles. The van der Waals surface area contributed by atoms with Crippen LogP contribution in [0.25, 0.3) is 0 Å². The van der Waals surface area contributed by atoms with Crippen LogP contribution in [0.15, 0.2) is 39.4 Å². The second-order valence-corrected chi connectivity index (χ2v) is 6.11. The molecule has 1 N–H and O–H groups in total. The fraction of sp³-hybridized carbons (Fsp3) is 0.267. The largest absolute Gasteiger partial charge is 0.494 e. The van der Waals surface area contributed by atoms with Crippen molar-refractivity contribution < 1.29 is 9.47 Å². The van der Waals surface area contributed by atoms with Gasteiger partial charge in [0.2, 0.25) is 5.88 Å². The zero-order chi connectivity index (χ0) is 15.2. The first-order chi connectivity index (χ1) is 10.1. The molecule has 0 aliphatic carbocycles. The lowest BCUT2D eigenvalue weighted by atomic mass is 10.2. The normalized spacial score (nSPS) is 10.5. The summed E-state index contributed by atoms with van der Waals surface area (Å²) >= 11 is 7.01. The average Bonchev–Trinajstić information content (AvgIpc) is 2.48. The molecule has 6 heteroatoms. The number of halogens is 2. The molecule has 0 amide bonds. The summed E-state index contributed by atoms with van der Waals surface area (Å²) in [7, 11) is 3.26. The van der Waals surface area contributed by atoms with Crippen LogP contribution in [0.5, 0.6) is 11.6 Å². The number of pyridine rings is 1. The van der Waals surface area contributed by atoms with Gasteiger partial charge in [0.25, 0.3) is 0 Å². The summed E-state index contributed by atoms with van der Waals surface area (Å²) in [6.07, 6.45) is 1.81. The molecule has 0 radical (unpaired) electrons. The summed E-state index contributed by atoms with van der Waals surface area (Å²) in [5, 5.41) is 3.38. The van der Waals surface area contributed by atoms with Crippen LogP contribution in [0.1, 0.15) is 11.1 Å². The number of nitrogens with zero attached hydrogens (tertiary/aromatic N) is 1. The molecule has 0 bridgehead atoms. The fourth-order valence-electron chi connectivity index (χ4n) is 1.90. The van der Waals surface area contributed by atoms with E-state index in [9.17, 15) is 0 Å². The molecule has 1 aromatic heterocycles. The molecule has 2 rings (SSSR count). The van der Waals surface area contributed by atoms with Gasteiger partial charge in [0, 0.05) is 25.4 Å². The molecule has 0 fully saturated rings. The maximum Gasteiger partial charge on any atom is 0.212 e. The Morgan fingerprint density at radius 3 is 2.19 bits per heavy atom. The highest BCUT2D eigenvalue weighted by Gasteiger charge is 2.07. The van der Waals surface area contributed by atoms with E-state index in [-0.39, 0.29) is 0 Å². The quantitative estimate of drug-likeness (QED) is 0.776. The van der Waals surface area contributed by atoms with Gasteiger partial charge in [0.05, 0.1) is 23.2 Å². The summed E-state index contributed by atoms with van der Waals surface area (Å²) < 4.78 is 12.2. The molecule has 0 aliphatic rings. The van der Waals surface area contributed by atoms with Gasteiger partial charge >= 0.3 is 0 Å². The summed E-state index contributed by atoms with van der Waals surface area (Å²) in [6, 6.07) is 7.95. The van der Waals surface area contributed by atoms with Crippen LogP contribution < -0.4 is 14.8 Å². The molecule has 0 unspecified atom stereocenters. The Morgan fingerprint density at radius 1 is 1.00 bits per heavy atom. The van der Waals surface area contributed by atoms with Crippen molar-refractivity contribution in [2.75, 3.05) is 14.2 Å². The molecule has 0 aliphatic heterocycles. The third-order valence-electron chi connectivity index (χ3n) is 2.93. The molecule has 4 nitrogen and oxygen atoms in total. The van der Waals surface area contributed by atoms with Crippen LogP contribution in [-0.2, 0) is 13.1 Å². The third-order valence-corrected chi connectivity index (χ3v) is 4.11. The van der Waals surface area contributed by atoms with Crippen LogP contribution in [0, 0.1) is 0 Å². The number of hydrogen-bond donors (Lipinski definition) is 1. The Bertz CT molecular complexity index is 580. The molecule has 0 spiro atoms. The Morgan fingerprint density at radius 2 is 1.67 bits per heavy atom. The fourth-order valence-corrected chi connectivity index (χ4v) is 3.50. The number of ether oxygens (including phenoxy) is 2. The van der Waals surface area contributed by atoms with Crippen molar-refractivity contribution in [3.8, 4) is 11.6 Å². The molecule has 112 valence electrons. The predicted molar refractivity (Wildman–Crippen MR) is 89.7 cm³/mol. The summed E-state index contributed by atoms with van der Waals surface area (Å²) in [5.74, 6) is 1.43. The van der Waals surface area contributed by atoms with Gasteiger partial charge in [-0.25, -0.2) is 4.98 Å². The molecule has 21 heavy (non-hydrogen) atoms. The topological polar surface area (TPSA) is 43.4 Å². The van der Waals surface area contributed by atoms with Gasteiger partial charge in [0.1, 0.15) is 5.75 Å². The van der Waals surface area contributed by atoms with E-state index in [0.717, 1.165) is 38.9 Å². The lowest BCUT2D eigenvalue weighted by molar-refractivity contribution is 0.397. The molecule has 2 aromatic rings. The van der Waals surface area contributed by atoms with Crippen molar-refractivity contribution in [1.82, 2.24) is 10.3 Å². The number of hydrogen-bond acceptors (Lipinski definition) is 4. The second-order valence-electron chi connectivity index (χ2n) is 4.41. The van der Waals surface area contributed by atoms with Crippen LogP contribution in [0.3, 0.4) is 0 Å². The first-order valence-electron chi connectivity index (χ1n) is 6.35. The van der Waals surface area contributed by atoms with Crippen LogP contribution in [-0.4, -0.2) is 19.2 Å². The SMILES string of the molecule is COc1ccc(CNCc2cc(Br)c(OC)c(Br)c2)cn1. The highest BCUT2D eigenvalue weighted by Crippen LogP contribution is 2.34. The maximum absolute atomic E-state index is 5.29. The van der Waals surface area contributed by atoms with Crippen LogP contribution in [0.4, 0.5) is 0 Å². The highest BCUT2D eigenvalue weighted by molar-refractivity contribution is 9.11. The number of methoxy groups -OCH3 is 2. The lowest BCUT2D eigenvalue weighted by Crippen LogP contribution is -2.13. The Kier molecular flexibility index (Phi) is 6.02. The standard InChI is InChI=1S/C15H16Br2N2O2/c1-20-14-4-3-10(9-19-14)7-18-8-11-5-12(16)15(21-2)13(17)6-11/h3-6,9,18H,7-8H2,1-2H3. The van der Waals surface area contributed by atoms with E-state index >= 15 is 0 Å². The minimum absolute atomic E-state index is 0.627. The Labute approximate surface area is 141 Å². The van der Waals surface area contributed by atoms with Gasteiger partial charge in [-0.2, -0.15) is 0 Å². The van der Waals surface area contributed by atoms with E-state index in [1.807, 2.05) is 30.5 Å². The lowest BCUT2D eigenvalue weighted by Gasteiger charge is -2.10. The van der Waals surface area contributed by atoms with E-state index in [0.29, 0.717) is 5.88 Å². The average molecular weight is 416 g/mol. The molecule has 1 heterocycles. The van der Waals surface area contributed by atoms with Gasteiger partial charge < -0.3 is 14.8 Å².